The molecule has 1 rings (SSSR count). The Labute approximate surface area is 86.5 Å². The molecule has 0 aromatic carbocycles. The lowest BCUT2D eigenvalue weighted by atomic mass is 9.76. The third-order valence-electron chi connectivity index (χ3n) is 3.16. The summed E-state index contributed by atoms with van der Waals surface area (Å²) in [5, 5.41) is 0. The van der Waals surface area contributed by atoms with Gasteiger partial charge in [0.25, 0.3) is 0 Å². The van der Waals surface area contributed by atoms with Crippen molar-refractivity contribution in [3.63, 3.8) is 0 Å². The quantitative estimate of drug-likeness (QED) is 0.786. The van der Waals surface area contributed by atoms with Gasteiger partial charge in [-0.1, -0.05) is 27.7 Å². The predicted molar refractivity (Wildman–Crippen MR) is 59.0 cm³/mol. The average molecular weight is 195 g/mol. The van der Waals surface area contributed by atoms with E-state index in [1.165, 1.54) is 0 Å². The van der Waals surface area contributed by atoms with Crippen molar-refractivity contribution in [3.05, 3.63) is 23.7 Å². The van der Waals surface area contributed by atoms with Crippen LogP contribution < -0.4 is 5.73 Å². The Kier molecular flexibility index (Phi) is 3.05. The van der Waals surface area contributed by atoms with Crippen LogP contribution in [0.2, 0.25) is 0 Å². The average Bonchev–Trinajstić information content (AvgIpc) is 2.47. The van der Waals surface area contributed by atoms with E-state index in [0.717, 1.165) is 11.1 Å². The van der Waals surface area contributed by atoms with Crippen molar-refractivity contribution >= 4 is 0 Å². The van der Waals surface area contributed by atoms with Gasteiger partial charge in [-0.15, -0.1) is 0 Å². The van der Waals surface area contributed by atoms with Crippen molar-refractivity contribution in [3.8, 4) is 0 Å². The van der Waals surface area contributed by atoms with E-state index in [1.54, 1.807) is 12.5 Å². The third-order valence-corrected chi connectivity index (χ3v) is 3.16. The van der Waals surface area contributed by atoms with Gasteiger partial charge < -0.3 is 10.2 Å². The Bertz CT molecular complexity index is 296. The molecule has 0 aliphatic rings. The molecule has 14 heavy (non-hydrogen) atoms. The van der Waals surface area contributed by atoms with Gasteiger partial charge in [-0.05, 0) is 23.8 Å². The Hall–Kier alpha value is -0.760. The Morgan fingerprint density at radius 1 is 1.29 bits per heavy atom. The van der Waals surface area contributed by atoms with Gasteiger partial charge >= 0.3 is 0 Å². The smallest absolute Gasteiger partial charge is 0.0953 e. The molecule has 0 saturated carbocycles. The molecule has 0 aliphatic carbocycles. The van der Waals surface area contributed by atoms with Crippen molar-refractivity contribution in [1.82, 2.24) is 0 Å². The highest BCUT2D eigenvalue weighted by atomic mass is 16.3. The minimum absolute atomic E-state index is 0.0637. The first-order valence-corrected chi connectivity index (χ1v) is 5.12. The lowest BCUT2D eigenvalue weighted by molar-refractivity contribution is 0.222. The van der Waals surface area contributed by atoms with E-state index in [0.29, 0.717) is 5.92 Å². The Morgan fingerprint density at radius 3 is 2.21 bits per heavy atom. The van der Waals surface area contributed by atoms with Crippen molar-refractivity contribution in [2.75, 3.05) is 0 Å². The number of hydrogen-bond acceptors (Lipinski definition) is 2. The van der Waals surface area contributed by atoms with Gasteiger partial charge in [0.15, 0.2) is 0 Å². The molecule has 2 heteroatoms. The fourth-order valence-corrected chi connectivity index (χ4v) is 1.52. The van der Waals surface area contributed by atoms with Gasteiger partial charge in [0.05, 0.1) is 12.5 Å². The van der Waals surface area contributed by atoms with E-state index in [-0.39, 0.29) is 11.5 Å². The second kappa shape index (κ2) is 3.77. The molecule has 2 unspecified atom stereocenters. The summed E-state index contributed by atoms with van der Waals surface area (Å²) in [6.45, 7) is 10.9. The second-order valence-electron chi connectivity index (χ2n) is 5.19. The van der Waals surface area contributed by atoms with E-state index < -0.39 is 0 Å². The van der Waals surface area contributed by atoms with Crippen LogP contribution in [0.3, 0.4) is 0 Å². The molecule has 0 aliphatic heterocycles. The maximum Gasteiger partial charge on any atom is 0.0953 e. The minimum atomic E-state index is 0.0637. The number of hydrogen-bond donors (Lipinski definition) is 1. The summed E-state index contributed by atoms with van der Waals surface area (Å²) in [5.41, 5.74) is 8.71. The largest absolute Gasteiger partial charge is 0.472 e. The summed E-state index contributed by atoms with van der Waals surface area (Å²) in [7, 11) is 0. The van der Waals surface area contributed by atoms with Crippen molar-refractivity contribution in [1.29, 1.82) is 0 Å². The van der Waals surface area contributed by atoms with Crippen molar-refractivity contribution in [2.24, 2.45) is 17.1 Å². The molecular formula is C12H21NO. The highest BCUT2D eigenvalue weighted by Gasteiger charge is 2.28. The van der Waals surface area contributed by atoms with Crippen LogP contribution in [-0.4, -0.2) is 0 Å². The molecule has 80 valence electrons. The molecule has 1 heterocycles. The molecule has 0 amide bonds. The standard InChI is InChI=1S/C12H21NO/c1-8-6-14-7-10(8)11(13)9(2)12(3,4)5/h6-7,9,11H,13H2,1-5H3. The van der Waals surface area contributed by atoms with Gasteiger partial charge in [-0.3, -0.25) is 0 Å². The molecule has 0 fully saturated rings. The van der Waals surface area contributed by atoms with Crippen LogP contribution in [-0.2, 0) is 0 Å². The lowest BCUT2D eigenvalue weighted by Crippen LogP contribution is -2.29. The fourth-order valence-electron chi connectivity index (χ4n) is 1.52. The second-order valence-corrected chi connectivity index (χ2v) is 5.19. The molecule has 1 aromatic rings. The van der Waals surface area contributed by atoms with E-state index in [9.17, 15) is 0 Å². The number of aryl methyl sites for hydroxylation is 1. The summed E-state index contributed by atoms with van der Waals surface area (Å²) in [6.07, 6.45) is 3.52. The SMILES string of the molecule is Cc1cocc1C(N)C(C)C(C)(C)C. The fraction of sp³-hybridized carbons (Fsp3) is 0.667. The van der Waals surface area contributed by atoms with Gasteiger partial charge in [0, 0.05) is 11.6 Å². The molecule has 2 N–H and O–H groups in total. The van der Waals surface area contributed by atoms with Gasteiger partial charge in [-0.2, -0.15) is 0 Å². The van der Waals surface area contributed by atoms with Gasteiger partial charge in [-0.25, -0.2) is 0 Å². The molecule has 0 radical (unpaired) electrons. The molecule has 0 spiro atoms. The number of nitrogens with two attached hydrogens (primary N) is 1. The van der Waals surface area contributed by atoms with Crippen LogP contribution >= 0.6 is 0 Å². The predicted octanol–water partition coefficient (Wildman–Crippen LogP) is 3.27. The van der Waals surface area contributed by atoms with Crippen LogP contribution in [0.5, 0.6) is 0 Å². The molecule has 2 atom stereocenters. The highest BCUT2D eigenvalue weighted by Crippen LogP contribution is 2.35. The number of furan rings is 1. The van der Waals surface area contributed by atoms with Crippen LogP contribution in [0.4, 0.5) is 0 Å². The van der Waals surface area contributed by atoms with Crippen LogP contribution in [0, 0.1) is 18.3 Å². The normalized spacial score (nSPS) is 16.7. The Balaban J connectivity index is 2.86. The summed E-state index contributed by atoms with van der Waals surface area (Å²) >= 11 is 0. The van der Waals surface area contributed by atoms with Crippen molar-refractivity contribution in [2.45, 2.75) is 40.7 Å². The lowest BCUT2D eigenvalue weighted by Gasteiger charge is -2.32. The first kappa shape index (κ1) is 11.3. The Morgan fingerprint density at radius 2 is 1.86 bits per heavy atom. The van der Waals surface area contributed by atoms with E-state index in [1.807, 2.05) is 6.92 Å². The van der Waals surface area contributed by atoms with Crippen LogP contribution in [0.1, 0.15) is 44.9 Å². The topological polar surface area (TPSA) is 39.2 Å². The van der Waals surface area contributed by atoms with Crippen LogP contribution in [0.25, 0.3) is 0 Å². The zero-order valence-electron chi connectivity index (χ0n) is 9.79. The third kappa shape index (κ3) is 2.18. The number of rotatable bonds is 2. The maximum atomic E-state index is 6.21. The summed E-state index contributed by atoms with van der Waals surface area (Å²) in [4.78, 5) is 0. The summed E-state index contributed by atoms with van der Waals surface area (Å²) < 4.78 is 5.15. The van der Waals surface area contributed by atoms with Gasteiger partial charge in [0.1, 0.15) is 0 Å². The zero-order valence-corrected chi connectivity index (χ0v) is 9.79. The first-order valence-electron chi connectivity index (χ1n) is 5.12. The summed E-state index contributed by atoms with van der Waals surface area (Å²) in [5.74, 6) is 0.429. The van der Waals surface area contributed by atoms with Gasteiger partial charge in [0.2, 0.25) is 0 Å². The minimum Gasteiger partial charge on any atom is -0.472 e. The monoisotopic (exact) mass is 195 g/mol. The van der Waals surface area contributed by atoms with E-state index in [4.69, 9.17) is 10.2 Å². The molecule has 1 aromatic heterocycles. The molecular weight excluding hydrogens is 174 g/mol. The molecule has 2 nitrogen and oxygen atoms in total. The van der Waals surface area contributed by atoms with E-state index >= 15 is 0 Å². The molecule has 0 bridgehead atoms. The van der Waals surface area contributed by atoms with E-state index in [2.05, 4.69) is 27.7 Å². The van der Waals surface area contributed by atoms with Crippen molar-refractivity contribution < 1.29 is 4.42 Å². The highest BCUT2D eigenvalue weighted by molar-refractivity contribution is 5.23. The summed E-state index contributed by atoms with van der Waals surface area (Å²) in [6, 6.07) is 0.0637. The maximum absolute atomic E-state index is 6.21. The van der Waals surface area contributed by atoms with Crippen LogP contribution in [0.15, 0.2) is 16.9 Å². The zero-order chi connectivity index (χ0) is 10.9. The first-order chi connectivity index (χ1) is 6.34. The molecule has 0 saturated heterocycles.